The number of hydrogen-bond acceptors (Lipinski definition) is 5. The molecule has 0 aliphatic carbocycles. The van der Waals surface area contributed by atoms with Gasteiger partial charge in [-0.2, -0.15) is 4.98 Å². The molecule has 5 heteroatoms. The average molecular weight is 239 g/mol. The van der Waals surface area contributed by atoms with Crippen molar-refractivity contribution in [2.24, 2.45) is 5.92 Å². The highest BCUT2D eigenvalue weighted by Crippen LogP contribution is 2.25. The lowest BCUT2D eigenvalue weighted by Crippen LogP contribution is -2.60. The van der Waals surface area contributed by atoms with E-state index in [2.05, 4.69) is 28.9 Å². The van der Waals surface area contributed by atoms with Crippen LogP contribution < -0.4 is 0 Å². The molecule has 1 N–H and O–H groups in total. The Morgan fingerprint density at radius 2 is 2.18 bits per heavy atom. The van der Waals surface area contributed by atoms with Gasteiger partial charge in [-0.05, 0) is 12.3 Å². The summed E-state index contributed by atoms with van der Waals surface area (Å²) >= 11 is 0. The number of nitrogens with zero attached hydrogens (tertiary/aromatic N) is 3. The van der Waals surface area contributed by atoms with Crippen LogP contribution in [0.5, 0.6) is 0 Å². The Labute approximate surface area is 102 Å². The zero-order chi connectivity index (χ0) is 12.5. The minimum absolute atomic E-state index is 0.496. The van der Waals surface area contributed by atoms with E-state index in [1.807, 2.05) is 6.92 Å². The standard InChI is InChI=1S/C12H21N3O2/c1-4-12(16)7-15(8-12)6-10-13-11(17-14-10)5-9(2)3/h9,16H,4-8H2,1-3H3. The van der Waals surface area contributed by atoms with E-state index >= 15 is 0 Å². The molecule has 0 spiro atoms. The van der Waals surface area contributed by atoms with E-state index in [9.17, 15) is 5.11 Å². The summed E-state index contributed by atoms with van der Waals surface area (Å²) in [6.45, 7) is 8.34. The smallest absolute Gasteiger partial charge is 0.226 e. The highest BCUT2D eigenvalue weighted by atomic mass is 16.5. The van der Waals surface area contributed by atoms with Crippen LogP contribution in [0.25, 0.3) is 0 Å². The Bertz CT molecular complexity index is 370. The lowest BCUT2D eigenvalue weighted by molar-refractivity contribution is -0.104. The van der Waals surface area contributed by atoms with Gasteiger partial charge in [-0.25, -0.2) is 0 Å². The first-order valence-corrected chi connectivity index (χ1v) is 6.27. The van der Waals surface area contributed by atoms with Crippen LogP contribution in [0.15, 0.2) is 4.52 Å². The van der Waals surface area contributed by atoms with Crippen LogP contribution in [0.2, 0.25) is 0 Å². The molecule has 2 rings (SSSR count). The fourth-order valence-corrected chi connectivity index (χ4v) is 2.11. The Balaban J connectivity index is 1.82. The first kappa shape index (κ1) is 12.5. The molecule has 1 aromatic heterocycles. The molecular weight excluding hydrogens is 218 g/mol. The number of likely N-dealkylation sites (tertiary alicyclic amines) is 1. The largest absolute Gasteiger partial charge is 0.387 e. The van der Waals surface area contributed by atoms with E-state index in [4.69, 9.17) is 4.52 Å². The molecule has 0 amide bonds. The molecule has 0 saturated carbocycles. The second-order valence-electron chi connectivity index (χ2n) is 5.43. The van der Waals surface area contributed by atoms with Gasteiger partial charge in [-0.15, -0.1) is 0 Å². The molecule has 17 heavy (non-hydrogen) atoms. The average Bonchev–Trinajstić information content (AvgIpc) is 2.62. The van der Waals surface area contributed by atoms with Gasteiger partial charge in [0.15, 0.2) is 5.82 Å². The van der Waals surface area contributed by atoms with Gasteiger partial charge in [0.2, 0.25) is 5.89 Å². The molecule has 0 atom stereocenters. The summed E-state index contributed by atoms with van der Waals surface area (Å²) in [6, 6.07) is 0. The molecule has 1 fully saturated rings. The van der Waals surface area contributed by atoms with E-state index < -0.39 is 5.60 Å². The maximum atomic E-state index is 9.89. The maximum absolute atomic E-state index is 9.89. The van der Waals surface area contributed by atoms with Crippen molar-refractivity contribution < 1.29 is 9.63 Å². The second kappa shape index (κ2) is 4.74. The fourth-order valence-electron chi connectivity index (χ4n) is 2.11. The van der Waals surface area contributed by atoms with Gasteiger partial charge in [-0.3, -0.25) is 4.90 Å². The summed E-state index contributed by atoms with van der Waals surface area (Å²) in [6.07, 6.45) is 1.63. The van der Waals surface area contributed by atoms with Crippen LogP contribution in [-0.2, 0) is 13.0 Å². The number of hydrogen-bond donors (Lipinski definition) is 1. The highest BCUT2D eigenvalue weighted by molar-refractivity contribution is 4.97. The third-order valence-corrected chi connectivity index (χ3v) is 3.15. The van der Waals surface area contributed by atoms with Gasteiger partial charge in [0.25, 0.3) is 0 Å². The summed E-state index contributed by atoms with van der Waals surface area (Å²) in [5.74, 6) is 1.96. The third kappa shape index (κ3) is 3.04. The van der Waals surface area contributed by atoms with Gasteiger partial charge >= 0.3 is 0 Å². The Morgan fingerprint density at radius 1 is 1.47 bits per heavy atom. The van der Waals surface area contributed by atoms with E-state index in [0.717, 1.165) is 18.7 Å². The monoisotopic (exact) mass is 239 g/mol. The molecule has 1 aromatic rings. The lowest BCUT2D eigenvalue weighted by atomic mass is 9.91. The van der Waals surface area contributed by atoms with Gasteiger partial charge in [0.05, 0.1) is 12.1 Å². The Kier molecular flexibility index (Phi) is 3.49. The lowest BCUT2D eigenvalue weighted by Gasteiger charge is -2.45. The third-order valence-electron chi connectivity index (χ3n) is 3.15. The summed E-state index contributed by atoms with van der Waals surface area (Å²) < 4.78 is 5.17. The molecule has 1 aliphatic heterocycles. The van der Waals surface area contributed by atoms with Crippen LogP contribution in [0.4, 0.5) is 0 Å². The molecule has 2 heterocycles. The first-order chi connectivity index (χ1) is 8.00. The van der Waals surface area contributed by atoms with Crippen molar-refractivity contribution in [2.45, 2.75) is 45.8 Å². The molecule has 0 bridgehead atoms. The van der Waals surface area contributed by atoms with Crippen molar-refractivity contribution >= 4 is 0 Å². The molecule has 5 nitrogen and oxygen atoms in total. The molecule has 0 aromatic carbocycles. The van der Waals surface area contributed by atoms with Gasteiger partial charge in [-0.1, -0.05) is 25.9 Å². The second-order valence-corrected chi connectivity index (χ2v) is 5.43. The van der Waals surface area contributed by atoms with Crippen LogP contribution >= 0.6 is 0 Å². The summed E-state index contributed by atoms with van der Waals surface area (Å²) in [5.41, 5.74) is -0.496. The Hall–Kier alpha value is -0.940. The highest BCUT2D eigenvalue weighted by Gasteiger charge is 2.39. The van der Waals surface area contributed by atoms with Crippen molar-refractivity contribution in [1.29, 1.82) is 0 Å². The SMILES string of the molecule is CCC1(O)CN(Cc2noc(CC(C)C)n2)C1. The number of β-amino-alcohol motifs (C(OH)–C–C–N with tert-alkyl or cyclic N) is 1. The number of aromatic nitrogens is 2. The van der Waals surface area contributed by atoms with Crippen LogP contribution in [0.1, 0.15) is 38.9 Å². The van der Waals surface area contributed by atoms with E-state index in [0.29, 0.717) is 31.4 Å². The maximum Gasteiger partial charge on any atom is 0.226 e. The summed E-state index contributed by atoms with van der Waals surface area (Å²) in [4.78, 5) is 6.48. The van der Waals surface area contributed by atoms with Gasteiger partial charge < -0.3 is 9.63 Å². The first-order valence-electron chi connectivity index (χ1n) is 6.27. The number of aliphatic hydroxyl groups is 1. The predicted molar refractivity (Wildman–Crippen MR) is 63.4 cm³/mol. The molecule has 1 saturated heterocycles. The minimum Gasteiger partial charge on any atom is -0.387 e. The van der Waals surface area contributed by atoms with E-state index in [-0.39, 0.29) is 0 Å². The van der Waals surface area contributed by atoms with E-state index in [1.54, 1.807) is 0 Å². The van der Waals surface area contributed by atoms with E-state index in [1.165, 1.54) is 0 Å². The zero-order valence-corrected chi connectivity index (χ0v) is 10.8. The predicted octanol–water partition coefficient (Wildman–Crippen LogP) is 1.22. The van der Waals surface area contributed by atoms with Crippen LogP contribution in [0.3, 0.4) is 0 Å². The Morgan fingerprint density at radius 3 is 2.76 bits per heavy atom. The van der Waals surface area contributed by atoms with Crippen molar-refractivity contribution in [3.8, 4) is 0 Å². The van der Waals surface area contributed by atoms with Crippen molar-refractivity contribution in [1.82, 2.24) is 15.0 Å². The molecule has 1 aliphatic rings. The summed E-state index contributed by atoms with van der Waals surface area (Å²) in [5, 5.41) is 13.8. The zero-order valence-electron chi connectivity index (χ0n) is 10.8. The van der Waals surface area contributed by atoms with Crippen LogP contribution in [0, 0.1) is 5.92 Å². The van der Waals surface area contributed by atoms with Gasteiger partial charge in [0, 0.05) is 19.5 Å². The normalized spacial score (nSPS) is 19.6. The molecular formula is C12H21N3O2. The topological polar surface area (TPSA) is 62.4 Å². The molecule has 0 unspecified atom stereocenters. The van der Waals surface area contributed by atoms with Crippen LogP contribution in [-0.4, -0.2) is 38.8 Å². The van der Waals surface area contributed by atoms with Gasteiger partial charge in [0.1, 0.15) is 0 Å². The van der Waals surface area contributed by atoms with Crippen molar-refractivity contribution in [2.75, 3.05) is 13.1 Å². The molecule has 0 radical (unpaired) electrons. The quantitative estimate of drug-likeness (QED) is 0.837. The minimum atomic E-state index is -0.496. The van der Waals surface area contributed by atoms with Crippen molar-refractivity contribution in [3.63, 3.8) is 0 Å². The fraction of sp³-hybridized carbons (Fsp3) is 0.833. The molecule has 96 valence electrons. The summed E-state index contributed by atoms with van der Waals surface area (Å²) in [7, 11) is 0. The number of rotatable bonds is 5. The van der Waals surface area contributed by atoms with Crippen molar-refractivity contribution in [3.05, 3.63) is 11.7 Å².